The molecule has 0 atom stereocenters. The number of benzene rings is 9. The average Bonchev–Trinajstić information content (AvgIpc) is 3.88. The predicted octanol–water partition coefficient (Wildman–Crippen LogP) is 14.8. The summed E-state index contributed by atoms with van der Waals surface area (Å²) in [5.41, 5.74) is 14.4. The van der Waals surface area contributed by atoms with Gasteiger partial charge >= 0.3 is 0 Å². The zero-order valence-corrected chi connectivity index (χ0v) is 34.3. The second-order valence-electron chi connectivity index (χ2n) is 17.9. The summed E-state index contributed by atoms with van der Waals surface area (Å²) in [6, 6.07) is 59.0. The minimum atomic E-state index is -0.269. The fourth-order valence-electron chi connectivity index (χ4n) is 10.9. The van der Waals surface area contributed by atoms with Crippen molar-refractivity contribution in [2.75, 3.05) is 0 Å². The highest BCUT2D eigenvalue weighted by Crippen LogP contribution is 2.55. The third-order valence-electron chi connectivity index (χ3n) is 13.9. The van der Waals surface area contributed by atoms with Crippen LogP contribution in [-0.2, 0) is 10.8 Å². The summed E-state index contributed by atoms with van der Waals surface area (Å²) in [4.78, 5) is 16.3. The van der Waals surface area contributed by atoms with E-state index in [1.165, 1.54) is 60.5 Å². The van der Waals surface area contributed by atoms with Crippen molar-refractivity contribution in [2.45, 2.75) is 38.5 Å². The molecule has 0 saturated heterocycles. The molecule has 61 heavy (non-hydrogen) atoms. The minimum absolute atomic E-state index is 0.106. The van der Waals surface area contributed by atoms with Crippen molar-refractivity contribution in [3.63, 3.8) is 0 Å². The molecule has 0 spiro atoms. The summed E-state index contributed by atoms with van der Waals surface area (Å²) in [6.45, 7) is 9.32. The second-order valence-corrected chi connectivity index (χ2v) is 17.9. The SMILES string of the molecule is CC1(C)c2ccccc2-c2c1cc(-c1nc(-c3ccc4ccc5ccc6c(c5c4c3)-c3ccccc3C6(C)C)nc(-c3cccc4ccccc34)n1)c1c2oc2ccccc21. The topological polar surface area (TPSA) is 51.8 Å². The molecule has 11 aromatic rings. The quantitative estimate of drug-likeness (QED) is 0.168. The van der Waals surface area contributed by atoms with E-state index in [1.54, 1.807) is 0 Å². The van der Waals surface area contributed by atoms with Gasteiger partial charge in [0.25, 0.3) is 0 Å². The lowest BCUT2D eigenvalue weighted by Crippen LogP contribution is -2.15. The first-order chi connectivity index (χ1) is 29.8. The van der Waals surface area contributed by atoms with Gasteiger partial charge in [0.2, 0.25) is 0 Å². The lowest BCUT2D eigenvalue weighted by Gasteiger charge is -2.22. The molecular weight excluding hydrogens is 743 g/mol. The van der Waals surface area contributed by atoms with E-state index in [9.17, 15) is 0 Å². The first kappa shape index (κ1) is 34.4. The van der Waals surface area contributed by atoms with Gasteiger partial charge in [-0.05, 0) is 89.5 Å². The molecule has 2 heterocycles. The van der Waals surface area contributed by atoms with E-state index in [-0.39, 0.29) is 10.8 Å². The first-order valence-electron chi connectivity index (χ1n) is 21.2. The van der Waals surface area contributed by atoms with Crippen LogP contribution in [0.4, 0.5) is 0 Å². The Kier molecular flexibility index (Phi) is 6.82. The summed E-state index contributed by atoms with van der Waals surface area (Å²) >= 11 is 0. The average molecular weight is 782 g/mol. The molecule has 2 aliphatic carbocycles. The highest BCUT2D eigenvalue weighted by atomic mass is 16.3. The Bertz CT molecular complexity index is 3710. The number of fused-ring (bicyclic) bond motifs is 15. The molecule has 0 fully saturated rings. The van der Waals surface area contributed by atoms with E-state index in [1.807, 2.05) is 6.07 Å². The molecular formula is C57H39N3O. The number of furan rings is 1. The van der Waals surface area contributed by atoms with E-state index >= 15 is 0 Å². The van der Waals surface area contributed by atoms with Crippen LogP contribution in [0.3, 0.4) is 0 Å². The molecule has 0 amide bonds. The molecule has 0 unspecified atom stereocenters. The highest BCUT2D eigenvalue weighted by molar-refractivity contribution is 6.19. The van der Waals surface area contributed by atoms with Crippen molar-refractivity contribution in [3.8, 4) is 56.4 Å². The van der Waals surface area contributed by atoms with Gasteiger partial charge in [-0.25, -0.2) is 15.0 Å². The Morgan fingerprint density at radius 3 is 1.77 bits per heavy atom. The van der Waals surface area contributed by atoms with Gasteiger partial charge in [-0.15, -0.1) is 0 Å². The third-order valence-corrected chi connectivity index (χ3v) is 13.9. The van der Waals surface area contributed by atoms with Crippen molar-refractivity contribution in [3.05, 3.63) is 186 Å². The van der Waals surface area contributed by atoms with Gasteiger partial charge in [-0.1, -0.05) is 173 Å². The van der Waals surface area contributed by atoms with Gasteiger partial charge < -0.3 is 4.42 Å². The van der Waals surface area contributed by atoms with E-state index in [0.717, 1.165) is 55.0 Å². The molecule has 13 rings (SSSR count). The van der Waals surface area contributed by atoms with Crippen LogP contribution in [0.5, 0.6) is 0 Å². The Morgan fingerprint density at radius 1 is 0.377 bits per heavy atom. The third kappa shape index (κ3) is 4.68. The van der Waals surface area contributed by atoms with Crippen LogP contribution >= 0.6 is 0 Å². The Balaban J connectivity index is 1.12. The number of hydrogen-bond donors (Lipinski definition) is 0. The van der Waals surface area contributed by atoms with Gasteiger partial charge in [-0.3, -0.25) is 0 Å². The van der Waals surface area contributed by atoms with Crippen LogP contribution in [0.1, 0.15) is 49.9 Å². The van der Waals surface area contributed by atoms with E-state index in [0.29, 0.717) is 17.5 Å². The number of nitrogens with zero attached hydrogens (tertiary/aromatic N) is 3. The summed E-state index contributed by atoms with van der Waals surface area (Å²) < 4.78 is 6.89. The summed E-state index contributed by atoms with van der Waals surface area (Å²) in [5, 5.41) is 9.15. The second kappa shape index (κ2) is 12.1. The highest BCUT2D eigenvalue weighted by Gasteiger charge is 2.39. The number of rotatable bonds is 3. The Labute approximate surface area is 353 Å². The largest absolute Gasteiger partial charge is 0.455 e. The standard InChI is InChI=1S/C57H39N3O/c1-56(2)43-21-10-7-17-38(43)50-45(56)29-28-34-26-24-33-25-27-35(30-41(33)48(34)50)53-58-54(37-20-13-15-32-14-5-6-16-36(32)37)60-55(59-53)42-31-46-51(39-18-8-11-22-44(39)57(46,3)4)52-49(42)40-19-9-12-23-47(40)61-52/h5-31H,1-4H3. The van der Waals surface area contributed by atoms with Crippen molar-refractivity contribution in [2.24, 2.45) is 0 Å². The molecule has 2 aliphatic rings. The summed E-state index contributed by atoms with van der Waals surface area (Å²) in [5.74, 6) is 1.88. The van der Waals surface area contributed by atoms with E-state index in [4.69, 9.17) is 19.4 Å². The molecule has 4 nitrogen and oxygen atoms in total. The molecule has 288 valence electrons. The van der Waals surface area contributed by atoms with Crippen LogP contribution in [0.15, 0.2) is 168 Å². The maximum Gasteiger partial charge on any atom is 0.164 e. The van der Waals surface area contributed by atoms with E-state index < -0.39 is 0 Å². The lowest BCUT2D eigenvalue weighted by atomic mass is 9.81. The van der Waals surface area contributed by atoms with Crippen molar-refractivity contribution < 1.29 is 4.42 Å². The van der Waals surface area contributed by atoms with Gasteiger partial charge in [0.05, 0.1) is 0 Å². The zero-order chi connectivity index (χ0) is 40.8. The normalized spacial score (nSPS) is 14.5. The molecule has 0 bridgehead atoms. The Hall–Kier alpha value is -7.43. The van der Waals surface area contributed by atoms with Crippen molar-refractivity contribution in [1.29, 1.82) is 0 Å². The van der Waals surface area contributed by atoms with Crippen LogP contribution < -0.4 is 0 Å². The molecule has 0 N–H and O–H groups in total. The maximum atomic E-state index is 6.89. The van der Waals surface area contributed by atoms with Crippen LogP contribution in [-0.4, -0.2) is 15.0 Å². The fourth-order valence-corrected chi connectivity index (χ4v) is 10.9. The first-order valence-corrected chi connectivity index (χ1v) is 21.2. The van der Waals surface area contributed by atoms with Crippen molar-refractivity contribution in [1.82, 2.24) is 15.0 Å². The molecule has 4 heteroatoms. The number of hydrogen-bond acceptors (Lipinski definition) is 4. The van der Waals surface area contributed by atoms with Crippen LogP contribution in [0.25, 0.3) is 111 Å². The number of aromatic nitrogens is 3. The molecule has 2 aromatic heterocycles. The van der Waals surface area contributed by atoms with Gasteiger partial charge in [-0.2, -0.15) is 0 Å². The monoisotopic (exact) mass is 781 g/mol. The van der Waals surface area contributed by atoms with Gasteiger partial charge in [0.1, 0.15) is 11.2 Å². The smallest absolute Gasteiger partial charge is 0.164 e. The molecule has 0 radical (unpaired) electrons. The van der Waals surface area contributed by atoms with Crippen LogP contribution in [0, 0.1) is 0 Å². The zero-order valence-electron chi connectivity index (χ0n) is 34.3. The summed E-state index contributed by atoms with van der Waals surface area (Å²) in [7, 11) is 0. The van der Waals surface area contributed by atoms with E-state index in [2.05, 4.69) is 185 Å². The van der Waals surface area contributed by atoms with Crippen molar-refractivity contribution >= 4 is 54.3 Å². The maximum absolute atomic E-state index is 6.89. The fraction of sp³-hybridized carbons (Fsp3) is 0.105. The van der Waals surface area contributed by atoms with Crippen LogP contribution in [0.2, 0.25) is 0 Å². The van der Waals surface area contributed by atoms with Gasteiger partial charge in [0, 0.05) is 43.9 Å². The predicted molar refractivity (Wildman–Crippen MR) is 251 cm³/mol. The molecule has 9 aromatic carbocycles. The van der Waals surface area contributed by atoms with Gasteiger partial charge in [0.15, 0.2) is 17.5 Å². The molecule has 0 saturated carbocycles. The number of para-hydroxylation sites is 1. The lowest BCUT2D eigenvalue weighted by molar-refractivity contribution is 0.653. The molecule has 0 aliphatic heterocycles. The Morgan fingerprint density at radius 2 is 0.951 bits per heavy atom. The minimum Gasteiger partial charge on any atom is -0.455 e. The summed E-state index contributed by atoms with van der Waals surface area (Å²) in [6.07, 6.45) is 0.